The molecule has 0 fully saturated rings. The Morgan fingerprint density at radius 3 is 2.14 bits per heavy atom. The number of nitrogens with one attached hydrogen (secondary N) is 1. The number of halogens is 4. The molecule has 0 saturated heterocycles. The summed E-state index contributed by atoms with van der Waals surface area (Å²) < 4.78 is 65.3. The van der Waals surface area contributed by atoms with Crippen LogP contribution < -0.4 is 15.8 Å². The molecule has 0 bridgehead atoms. The lowest BCUT2D eigenvalue weighted by Gasteiger charge is -2.16. The molecule has 0 spiro atoms. The molecule has 0 saturated carbocycles. The van der Waals surface area contributed by atoms with Crippen molar-refractivity contribution in [2.24, 2.45) is 0 Å². The summed E-state index contributed by atoms with van der Waals surface area (Å²) in [5.74, 6) is -7.15. The highest BCUT2D eigenvalue weighted by Gasteiger charge is 2.26. The summed E-state index contributed by atoms with van der Waals surface area (Å²) in [5.41, 5.74) is 5.12. The van der Waals surface area contributed by atoms with Gasteiger partial charge >= 0.3 is 5.97 Å². The second-order valence-electron chi connectivity index (χ2n) is 8.34. The average molecular weight is 510 g/mol. The van der Waals surface area contributed by atoms with Crippen LogP contribution in [0.25, 0.3) is 11.1 Å². The van der Waals surface area contributed by atoms with E-state index in [1.54, 1.807) is 6.92 Å². The van der Waals surface area contributed by atoms with Crippen LogP contribution in [-0.2, 0) is 13.2 Å². The smallest absolute Gasteiger partial charge is 0.337 e. The number of hydrogen-bond acceptors (Lipinski definition) is 4. The van der Waals surface area contributed by atoms with Gasteiger partial charge in [0.1, 0.15) is 12.4 Å². The largest absolute Gasteiger partial charge is 0.489 e. The summed E-state index contributed by atoms with van der Waals surface area (Å²) >= 11 is 0. The van der Waals surface area contributed by atoms with E-state index in [-0.39, 0.29) is 29.1 Å². The third kappa shape index (κ3) is 5.35. The van der Waals surface area contributed by atoms with Crippen molar-refractivity contribution in [2.45, 2.75) is 20.1 Å². The lowest BCUT2D eigenvalue weighted by atomic mass is 10.0. The van der Waals surface area contributed by atoms with Gasteiger partial charge in [-0.25, -0.2) is 22.4 Å². The van der Waals surface area contributed by atoms with E-state index in [2.05, 4.69) is 5.32 Å². The van der Waals surface area contributed by atoms with Crippen LogP contribution in [0.5, 0.6) is 5.75 Å². The Balaban J connectivity index is 1.58. The molecule has 190 valence electrons. The number of nitrogen functional groups attached to an aromatic ring is 1. The molecule has 0 radical (unpaired) electrons. The number of carbonyl (C=O) groups is 1. The number of carboxylic acids is 1. The normalized spacial score (nSPS) is 10.8. The molecule has 9 heteroatoms. The highest BCUT2D eigenvalue weighted by atomic mass is 19.2. The van der Waals surface area contributed by atoms with Crippen molar-refractivity contribution in [2.75, 3.05) is 11.1 Å². The van der Waals surface area contributed by atoms with Crippen LogP contribution in [0.4, 0.5) is 28.9 Å². The van der Waals surface area contributed by atoms with Crippen LogP contribution in [0.2, 0.25) is 0 Å². The number of hydrogen-bond donors (Lipinski definition) is 3. The zero-order chi connectivity index (χ0) is 26.7. The predicted molar refractivity (Wildman–Crippen MR) is 132 cm³/mol. The Bertz CT molecular complexity index is 1430. The zero-order valence-electron chi connectivity index (χ0n) is 19.6. The van der Waals surface area contributed by atoms with E-state index >= 15 is 0 Å². The molecule has 4 aromatic rings. The Hall–Kier alpha value is -4.53. The molecule has 0 amide bonds. The van der Waals surface area contributed by atoms with E-state index in [9.17, 15) is 27.5 Å². The molecule has 0 aromatic heterocycles. The molecule has 37 heavy (non-hydrogen) atoms. The lowest BCUT2D eigenvalue weighted by Crippen LogP contribution is -2.13. The van der Waals surface area contributed by atoms with E-state index in [1.807, 2.05) is 30.3 Å². The lowest BCUT2D eigenvalue weighted by molar-refractivity contribution is 0.0698. The molecular weight excluding hydrogens is 488 g/mol. The summed E-state index contributed by atoms with van der Waals surface area (Å²) in [6.07, 6.45) is 0. The predicted octanol–water partition coefficient (Wildman–Crippen LogP) is 6.69. The van der Waals surface area contributed by atoms with Crippen LogP contribution in [0.15, 0.2) is 66.7 Å². The molecule has 0 unspecified atom stereocenters. The Labute approximate surface area is 210 Å². The van der Waals surface area contributed by atoms with Gasteiger partial charge in [-0.1, -0.05) is 42.5 Å². The minimum atomic E-state index is -1.57. The van der Waals surface area contributed by atoms with Crippen LogP contribution in [0, 0.1) is 30.2 Å². The quantitative estimate of drug-likeness (QED) is 0.140. The fourth-order valence-electron chi connectivity index (χ4n) is 3.85. The number of benzene rings is 4. The van der Waals surface area contributed by atoms with Crippen molar-refractivity contribution in [3.8, 4) is 16.9 Å². The topological polar surface area (TPSA) is 84.6 Å². The van der Waals surface area contributed by atoms with Crippen molar-refractivity contribution in [1.82, 2.24) is 0 Å². The summed E-state index contributed by atoms with van der Waals surface area (Å²) in [6.45, 7) is 1.20. The fraction of sp³-hybridized carbons (Fsp3) is 0.107. The van der Waals surface area contributed by atoms with Crippen molar-refractivity contribution in [1.29, 1.82) is 0 Å². The first kappa shape index (κ1) is 25.6. The first-order valence-corrected chi connectivity index (χ1v) is 11.2. The van der Waals surface area contributed by atoms with Crippen molar-refractivity contribution >= 4 is 17.3 Å². The van der Waals surface area contributed by atoms with Gasteiger partial charge in [0.15, 0.2) is 23.3 Å². The number of rotatable bonds is 8. The SMILES string of the molecule is Cc1cc(NCc2c(F)c(F)c(-c3ccc(OCc4ccccc4)cc3)c(F)c2F)c(N)c(C(=O)O)c1. The molecule has 0 atom stereocenters. The standard InChI is InChI=1S/C28H22F4N2O3/c1-15-11-19(28(35)36)27(33)21(12-15)34-13-20-23(29)25(31)22(26(32)24(20)30)17-7-9-18(10-8-17)37-14-16-5-3-2-4-6-16/h2-12,34H,13-14,33H2,1H3,(H,35,36). The molecule has 0 heterocycles. The number of aromatic carboxylic acids is 1. The van der Waals surface area contributed by atoms with Crippen LogP contribution in [0.1, 0.15) is 27.0 Å². The maximum absolute atomic E-state index is 15.0. The number of aryl methyl sites for hydroxylation is 1. The Morgan fingerprint density at radius 2 is 1.54 bits per heavy atom. The van der Waals surface area contributed by atoms with Crippen LogP contribution in [0.3, 0.4) is 0 Å². The maximum atomic E-state index is 15.0. The number of nitrogens with two attached hydrogens (primary N) is 1. The maximum Gasteiger partial charge on any atom is 0.337 e. The second-order valence-corrected chi connectivity index (χ2v) is 8.34. The van der Waals surface area contributed by atoms with Crippen LogP contribution in [-0.4, -0.2) is 11.1 Å². The highest BCUT2D eigenvalue weighted by molar-refractivity contribution is 5.97. The van der Waals surface area contributed by atoms with Crippen LogP contribution >= 0.6 is 0 Å². The first-order chi connectivity index (χ1) is 17.7. The van der Waals surface area contributed by atoms with Gasteiger partial charge in [0.05, 0.1) is 22.5 Å². The summed E-state index contributed by atoms with van der Waals surface area (Å²) in [5, 5.41) is 11.8. The molecular formula is C28H22F4N2O3. The van der Waals surface area contributed by atoms with Gasteiger partial charge in [0.2, 0.25) is 0 Å². The minimum Gasteiger partial charge on any atom is -0.489 e. The molecule has 4 aromatic carbocycles. The molecule has 0 aliphatic rings. The molecule has 0 aliphatic heterocycles. The van der Waals surface area contributed by atoms with Gasteiger partial charge in [-0.3, -0.25) is 0 Å². The first-order valence-electron chi connectivity index (χ1n) is 11.2. The summed E-state index contributed by atoms with van der Waals surface area (Å²) in [6, 6.07) is 17.6. The molecule has 5 nitrogen and oxygen atoms in total. The van der Waals surface area contributed by atoms with E-state index in [1.165, 1.54) is 36.4 Å². The van der Waals surface area contributed by atoms with Gasteiger partial charge in [-0.05, 0) is 47.9 Å². The second kappa shape index (κ2) is 10.6. The van der Waals surface area contributed by atoms with Gasteiger partial charge in [0, 0.05) is 12.1 Å². The Kier molecular flexibility index (Phi) is 7.33. The van der Waals surface area contributed by atoms with Gasteiger partial charge in [-0.2, -0.15) is 0 Å². The number of ether oxygens (including phenoxy) is 1. The monoisotopic (exact) mass is 510 g/mol. The molecule has 0 aliphatic carbocycles. The van der Waals surface area contributed by atoms with E-state index in [4.69, 9.17) is 10.5 Å². The van der Waals surface area contributed by atoms with Gasteiger partial charge < -0.3 is 20.9 Å². The minimum absolute atomic E-state index is 0.0622. The third-order valence-electron chi connectivity index (χ3n) is 5.76. The molecule has 4 N–H and O–H groups in total. The average Bonchev–Trinajstić information content (AvgIpc) is 2.89. The van der Waals surface area contributed by atoms with Crippen molar-refractivity contribution in [3.63, 3.8) is 0 Å². The number of anilines is 2. The number of carboxylic acid groups (broad SMARTS) is 1. The van der Waals surface area contributed by atoms with Gasteiger partial charge in [-0.15, -0.1) is 0 Å². The molecule has 4 rings (SSSR count). The fourth-order valence-corrected chi connectivity index (χ4v) is 3.85. The van der Waals surface area contributed by atoms with E-state index in [0.29, 0.717) is 11.3 Å². The highest BCUT2D eigenvalue weighted by Crippen LogP contribution is 2.34. The Morgan fingerprint density at radius 1 is 0.919 bits per heavy atom. The third-order valence-corrected chi connectivity index (χ3v) is 5.76. The summed E-state index contributed by atoms with van der Waals surface area (Å²) in [4.78, 5) is 11.4. The summed E-state index contributed by atoms with van der Waals surface area (Å²) in [7, 11) is 0. The van der Waals surface area contributed by atoms with E-state index < -0.39 is 46.9 Å². The zero-order valence-corrected chi connectivity index (χ0v) is 19.6. The van der Waals surface area contributed by atoms with E-state index in [0.717, 1.165) is 5.56 Å². The van der Waals surface area contributed by atoms with Crippen molar-refractivity contribution in [3.05, 3.63) is 112 Å². The van der Waals surface area contributed by atoms with Crippen molar-refractivity contribution < 1.29 is 32.2 Å². The van der Waals surface area contributed by atoms with Gasteiger partial charge in [0.25, 0.3) is 0 Å².